The first-order valence-electron chi connectivity index (χ1n) is 2.67. The molecule has 1 N–H and O–H groups in total. The predicted molar refractivity (Wildman–Crippen MR) is 32.0 cm³/mol. The second-order valence-electron chi connectivity index (χ2n) is 1.85. The zero-order chi connectivity index (χ0) is 5.11. The van der Waals surface area contributed by atoms with Crippen LogP contribution in [0.2, 0.25) is 0 Å². The van der Waals surface area contributed by atoms with Crippen LogP contribution in [-0.2, 0) is 4.74 Å². The largest absolute Gasteiger partial charge is 0.384 e. The maximum Gasteiger partial charge on any atom is 0.124 e. The van der Waals surface area contributed by atoms with Crippen molar-refractivity contribution in [2.45, 2.75) is 12.1 Å². The van der Waals surface area contributed by atoms with Gasteiger partial charge in [-0.3, -0.25) is 0 Å². The Bertz CT molecular complexity index is 53.7. The Kier molecular flexibility index (Phi) is 1.84. The molecule has 1 aliphatic heterocycles. The quantitative estimate of drug-likeness (QED) is 0.446. The number of hydrogen-bond donors (Lipinski definition) is 1. The third kappa shape index (κ3) is 1.26. The molecule has 1 rings (SSSR count). The minimum absolute atomic E-state index is 0.0150. The maximum absolute atomic E-state index is 5.11. The van der Waals surface area contributed by atoms with Gasteiger partial charge in [-0.2, -0.15) is 0 Å². The molecule has 1 fully saturated rings. The van der Waals surface area contributed by atoms with Crippen LogP contribution in [-0.4, -0.2) is 29.1 Å². The average molecular weight is 117 g/mol. The molecule has 3 heteroatoms. The van der Waals surface area contributed by atoms with Crippen LogP contribution in [0.4, 0.5) is 0 Å². The minimum atomic E-state index is -0.0150. The van der Waals surface area contributed by atoms with E-state index in [4.69, 9.17) is 4.74 Å². The molecule has 0 amide bonds. The molecular weight excluding hydrogens is 106 g/mol. The molecular formula is C4H11NOSi. The maximum atomic E-state index is 5.11. The lowest BCUT2D eigenvalue weighted by Gasteiger charge is -2.00. The molecule has 0 spiro atoms. The van der Waals surface area contributed by atoms with E-state index in [0.29, 0.717) is 5.73 Å². The van der Waals surface area contributed by atoms with Gasteiger partial charge in [0.2, 0.25) is 0 Å². The van der Waals surface area contributed by atoms with E-state index in [1.54, 1.807) is 7.11 Å². The highest BCUT2D eigenvalue weighted by Gasteiger charge is 2.12. The molecule has 0 aliphatic carbocycles. The molecule has 0 saturated carbocycles. The molecule has 0 aromatic rings. The molecule has 7 heavy (non-hydrogen) atoms. The molecule has 1 aliphatic rings. The lowest BCUT2D eigenvalue weighted by atomic mass is 10.5. The monoisotopic (exact) mass is 117 g/mol. The van der Waals surface area contributed by atoms with Crippen molar-refractivity contribution in [3.8, 4) is 0 Å². The van der Waals surface area contributed by atoms with Crippen molar-refractivity contribution in [3.05, 3.63) is 0 Å². The van der Waals surface area contributed by atoms with Crippen LogP contribution in [0.3, 0.4) is 0 Å². The Morgan fingerprint density at radius 2 is 2.71 bits per heavy atom. The van der Waals surface area contributed by atoms with Gasteiger partial charge < -0.3 is 9.72 Å². The molecule has 1 atom stereocenters. The van der Waals surface area contributed by atoms with Gasteiger partial charge in [0.1, 0.15) is 9.68 Å². The fourth-order valence-electron chi connectivity index (χ4n) is 0.829. The standard InChI is InChI=1S/C4H11NOSi/c1-6-4-2-3-5-7-4/h4-5H,2-3,7H2,1H3. The lowest BCUT2D eigenvalue weighted by Crippen LogP contribution is -2.19. The first-order chi connectivity index (χ1) is 3.43. The minimum Gasteiger partial charge on any atom is -0.384 e. The summed E-state index contributed by atoms with van der Waals surface area (Å²) in [5, 5.41) is 0. The Hall–Kier alpha value is 0.137. The second-order valence-corrected chi connectivity index (χ2v) is 3.67. The summed E-state index contributed by atoms with van der Waals surface area (Å²) in [6.07, 6.45) is 1.24. The highest BCUT2D eigenvalue weighted by Crippen LogP contribution is 1.96. The zero-order valence-corrected chi connectivity index (χ0v) is 6.02. The summed E-state index contributed by atoms with van der Waals surface area (Å²) in [7, 11) is 1.78. The van der Waals surface area contributed by atoms with Crippen molar-refractivity contribution < 1.29 is 4.74 Å². The molecule has 1 saturated heterocycles. The summed E-state index contributed by atoms with van der Waals surface area (Å²) in [4.78, 5) is 3.34. The number of ether oxygens (including phenoxy) is 1. The van der Waals surface area contributed by atoms with Gasteiger partial charge in [-0.1, -0.05) is 0 Å². The average Bonchev–Trinajstić information content (AvgIpc) is 2.14. The van der Waals surface area contributed by atoms with E-state index < -0.39 is 0 Å². The predicted octanol–water partition coefficient (Wildman–Crippen LogP) is -0.964. The first kappa shape index (κ1) is 5.28. The van der Waals surface area contributed by atoms with Crippen LogP contribution in [0.15, 0.2) is 0 Å². The number of nitrogens with one attached hydrogen (secondary N) is 1. The van der Waals surface area contributed by atoms with Gasteiger partial charge in [0, 0.05) is 7.11 Å². The molecule has 0 aromatic carbocycles. The Balaban J connectivity index is 2.14. The Labute approximate surface area is 46.1 Å². The van der Waals surface area contributed by atoms with Crippen LogP contribution in [0.1, 0.15) is 6.42 Å². The van der Waals surface area contributed by atoms with Crippen molar-refractivity contribution in [2.75, 3.05) is 13.7 Å². The third-order valence-corrected chi connectivity index (χ3v) is 3.19. The smallest absolute Gasteiger partial charge is 0.124 e. The Morgan fingerprint density at radius 3 is 3.00 bits per heavy atom. The van der Waals surface area contributed by atoms with Gasteiger partial charge in [-0.05, 0) is 13.0 Å². The van der Waals surface area contributed by atoms with Gasteiger partial charge in [-0.25, -0.2) is 0 Å². The van der Waals surface area contributed by atoms with E-state index in [2.05, 4.69) is 4.98 Å². The molecule has 0 aromatic heterocycles. The molecule has 2 nitrogen and oxygen atoms in total. The van der Waals surface area contributed by atoms with Crippen LogP contribution < -0.4 is 4.98 Å². The van der Waals surface area contributed by atoms with E-state index in [0.717, 1.165) is 0 Å². The fraction of sp³-hybridized carbons (Fsp3) is 1.00. The van der Waals surface area contributed by atoms with Gasteiger partial charge in [-0.15, -0.1) is 0 Å². The molecule has 1 heterocycles. The van der Waals surface area contributed by atoms with Crippen molar-refractivity contribution >= 4 is 9.68 Å². The van der Waals surface area contributed by atoms with Crippen LogP contribution >= 0.6 is 0 Å². The molecule has 0 radical (unpaired) electrons. The van der Waals surface area contributed by atoms with Gasteiger partial charge in [0.15, 0.2) is 0 Å². The number of methoxy groups -OCH3 is 1. The van der Waals surface area contributed by atoms with E-state index in [1.807, 2.05) is 0 Å². The summed E-state index contributed by atoms with van der Waals surface area (Å²) >= 11 is 0. The SMILES string of the molecule is COC1CCN[SiH2]1. The van der Waals surface area contributed by atoms with Gasteiger partial charge >= 0.3 is 0 Å². The van der Waals surface area contributed by atoms with E-state index >= 15 is 0 Å². The van der Waals surface area contributed by atoms with E-state index in [-0.39, 0.29) is 9.68 Å². The summed E-state index contributed by atoms with van der Waals surface area (Å²) < 4.78 is 5.11. The summed E-state index contributed by atoms with van der Waals surface area (Å²) in [5.41, 5.74) is 0.625. The van der Waals surface area contributed by atoms with Crippen LogP contribution in [0.5, 0.6) is 0 Å². The van der Waals surface area contributed by atoms with Crippen LogP contribution in [0.25, 0.3) is 0 Å². The Morgan fingerprint density at radius 1 is 1.86 bits per heavy atom. The number of rotatable bonds is 1. The van der Waals surface area contributed by atoms with Crippen LogP contribution in [0, 0.1) is 0 Å². The fourth-order valence-corrected chi connectivity index (χ4v) is 2.13. The van der Waals surface area contributed by atoms with Gasteiger partial charge in [0.05, 0.1) is 5.73 Å². The van der Waals surface area contributed by atoms with Crippen molar-refractivity contribution in [1.82, 2.24) is 4.98 Å². The summed E-state index contributed by atoms with van der Waals surface area (Å²) in [6, 6.07) is 0. The topological polar surface area (TPSA) is 21.3 Å². The zero-order valence-electron chi connectivity index (χ0n) is 4.61. The van der Waals surface area contributed by atoms with Crippen molar-refractivity contribution in [2.24, 2.45) is 0 Å². The summed E-state index contributed by atoms with van der Waals surface area (Å²) in [5.74, 6) is 0. The van der Waals surface area contributed by atoms with Crippen molar-refractivity contribution in [1.29, 1.82) is 0 Å². The lowest BCUT2D eigenvalue weighted by molar-refractivity contribution is 0.166. The highest BCUT2D eigenvalue weighted by molar-refractivity contribution is 6.35. The van der Waals surface area contributed by atoms with Gasteiger partial charge in [0.25, 0.3) is 0 Å². The van der Waals surface area contributed by atoms with E-state index in [1.165, 1.54) is 13.0 Å². The summed E-state index contributed by atoms with van der Waals surface area (Å²) in [6.45, 7) is 1.19. The number of hydrogen-bond acceptors (Lipinski definition) is 2. The molecule has 1 unspecified atom stereocenters. The first-order valence-corrected chi connectivity index (χ1v) is 4.19. The van der Waals surface area contributed by atoms with Crippen molar-refractivity contribution in [3.63, 3.8) is 0 Å². The molecule has 42 valence electrons. The third-order valence-electron chi connectivity index (χ3n) is 1.35. The van der Waals surface area contributed by atoms with E-state index in [9.17, 15) is 0 Å². The molecule has 0 bridgehead atoms. The normalized spacial score (nSPS) is 34.7. The second kappa shape index (κ2) is 2.45. The highest BCUT2D eigenvalue weighted by atomic mass is 28.2.